The Kier molecular flexibility index (Phi) is 7.04. The van der Waals surface area contributed by atoms with Crippen LogP contribution in [0.25, 0.3) is 22.0 Å². The third-order valence-corrected chi connectivity index (χ3v) is 8.56. The number of aromatic nitrogens is 1. The summed E-state index contributed by atoms with van der Waals surface area (Å²) in [6.45, 7) is 3.05. The van der Waals surface area contributed by atoms with Crippen LogP contribution in [-0.2, 0) is 20.5 Å². The van der Waals surface area contributed by atoms with Crippen molar-refractivity contribution in [3.05, 3.63) is 64.4 Å². The molecule has 0 saturated carbocycles. The average Bonchev–Trinajstić information content (AvgIpc) is 3.58. The summed E-state index contributed by atoms with van der Waals surface area (Å²) in [6.07, 6.45) is -5.74. The number of carbonyl (C=O) groups is 3. The Hall–Kier alpha value is -4.39. The SMILES string of the molecule is CC(C)([C@H]1CN(c2ccc3cc(-c4ccccc4C(F)(F)F)[nH]c(=O)c3c2)C(=O)O1)[C@]1(C(=O)O)CCCN1C(=O)CN. The minimum atomic E-state index is -4.63. The number of carboxylic acids is 1. The normalized spacial score (nSPS) is 21.2. The predicted molar refractivity (Wildman–Crippen MR) is 147 cm³/mol. The number of carbonyl (C=O) groups excluding carboxylic acids is 2. The van der Waals surface area contributed by atoms with Gasteiger partial charge in [0.2, 0.25) is 5.91 Å². The minimum absolute atomic E-state index is 0.0114. The number of halogens is 3. The molecule has 5 rings (SSSR count). The number of aromatic amines is 1. The van der Waals surface area contributed by atoms with E-state index in [9.17, 15) is 37.5 Å². The number of likely N-dealkylation sites (tertiary alicyclic amines) is 1. The molecule has 2 atom stereocenters. The third kappa shape index (κ3) is 4.48. The van der Waals surface area contributed by atoms with E-state index in [0.717, 1.165) is 6.07 Å². The summed E-state index contributed by atoms with van der Waals surface area (Å²) in [5.74, 6) is -1.74. The van der Waals surface area contributed by atoms with E-state index in [1.807, 2.05) is 0 Å². The zero-order chi connectivity index (χ0) is 30.6. The molecule has 0 unspecified atom stereocenters. The van der Waals surface area contributed by atoms with Crippen LogP contribution in [0.15, 0.2) is 53.3 Å². The third-order valence-electron chi connectivity index (χ3n) is 8.56. The van der Waals surface area contributed by atoms with E-state index < -0.39 is 52.3 Å². The standard InChI is InChI=1S/C29H29F3N4O6/c1-27(2,28(25(39)40)10-5-11-36(28)23(37)14-33)22-15-35(26(41)42-22)17-9-8-16-12-21(34-24(38)19(16)13-17)18-6-3-4-7-20(18)29(30,31)32/h3-4,6-9,12-13,22H,5,10-11,14-15,33H2,1-2H3,(H,34,38)(H,39,40)/t22-,28-/m1/s1. The molecule has 4 N–H and O–H groups in total. The van der Waals surface area contributed by atoms with E-state index in [1.165, 1.54) is 52.3 Å². The molecular formula is C29H29F3N4O6. The van der Waals surface area contributed by atoms with Crippen LogP contribution in [-0.4, -0.2) is 64.2 Å². The number of alkyl halides is 3. The first kappa shape index (κ1) is 29.1. The first-order valence-electron chi connectivity index (χ1n) is 13.3. The lowest BCUT2D eigenvalue weighted by Crippen LogP contribution is -2.66. The molecule has 2 amide bonds. The second kappa shape index (κ2) is 10.2. The van der Waals surface area contributed by atoms with E-state index in [1.54, 1.807) is 13.8 Å². The molecule has 3 heterocycles. The van der Waals surface area contributed by atoms with Gasteiger partial charge in [-0.3, -0.25) is 14.5 Å². The second-order valence-electron chi connectivity index (χ2n) is 11.1. The molecule has 2 aromatic carbocycles. The monoisotopic (exact) mass is 586 g/mol. The first-order valence-corrected chi connectivity index (χ1v) is 13.3. The van der Waals surface area contributed by atoms with Gasteiger partial charge in [-0.1, -0.05) is 38.1 Å². The van der Waals surface area contributed by atoms with Gasteiger partial charge in [0.05, 0.1) is 18.7 Å². The molecule has 42 heavy (non-hydrogen) atoms. The average molecular weight is 587 g/mol. The number of nitrogens with two attached hydrogens (primary N) is 1. The van der Waals surface area contributed by atoms with Gasteiger partial charge in [-0.2, -0.15) is 13.2 Å². The minimum Gasteiger partial charge on any atom is -0.479 e. The van der Waals surface area contributed by atoms with Crippen LogP contribution in [0.1, 0.15) is 32.3 Å². The van der Waals surface area contributed by atoms with Crippen molar-refractivity contribution in [1.82, 2.24) is 9.88 Å². The van der Waals surface area contributed by atoms with Gasteiger partial charge in [0.25, 0.3) is 5.56 Å². The quantitative estimate of drug-likeness (QED) is 0.396. The first-order chi connectivity index (χ1) is 19.7. The molecule has 222 valence electrons. The zero-order valence-corrected chi connectivity index (χ0v) is 22.8. The number of hydrogen-bond acceptors (Lipinski definition) is 6. The summed E-state index contributed by atoms with van der Waals surface area (Å²) in [6, 6.07) is 10.8. The van der Waals surface area contributed by atoms with Crippen molar-refractivity contribution in [2.45, 2.75) is 44.5 Å². The molecule has 10 nitrogen and oxygen atoms in total. The maximum absolute atomic E-state index is 13.6. The van der Waals surface area contributed by atoms with Gasteiger partial charge in [0, 0.05) is 34.3 Å². The molecule has 0 bridgehead atoms. The molecule has 2 aliphatic rings. The van der Waals surface area contributed by atoms with Crippen molar-refractivity contribution in [2.24, 2.45) is 11.1 Å². The molecule has 2 saturated heterocycles. The highest BCUT2D eigenvalue weighted by Crippen LogP contribution is 2.49. The van der Waals surface area contributed by atoms with Gasteiger partial charge < -0.3 is 25.5 Å². The van der Waals surface area contributed by atoms with E-state index in [0.29, 0.717) is 11.8 Å². The number of aliphatic carboxylic acids is 1. The summed E-state index contributed by atoms with van der Waals surface area (Å²) in [7, 11) is 0. The number of cyclic esters (lactones) is 1. The Labute approximate surface area is 237 Å². The zero-order valence-electron chi connectivity index (χ0n) is 22.8. The van der Waals surface area contributed by atoms with Gasteiger partial charge in [-0.25, -0.2) is 9.59 Å². The van der Waals surface area contributed by atoms with Crippen LogP contribution in [0, 0.1) is 5.41 Å². The Morgan fingerprint density at radius 3 is 2.52 bits per heavy atom. The molecule has 0 aliphatic carbocycles. The van der Waals surface area contributed by atoms with Gasteiger partial charge >= 0.3 is 18.2 Å². The van der Waals surface area contributed by atoms with E-state index in [4.69, 9.17) is 10.5 Å². The summed E-state index contributed by atoms with van der Waals surface area (Å²) in [5.41, 5.74) is 1.21. The van der Waals surface area contributed by atoms with Crippen LogP contribution >= 0.6 is 0 Å². The number of H-pyrrole nitrogens is 1. The number of nitrogens with one attached hydrogen (secondary N) is 1. The summed E-state index contributed by atoms with van der Waals surface area (Å²) in [4.78, 5) is 56.4. The molecule has 0 spiro atoms. The molecule has 2 aliphatic heterocycles. The van der Waals surface area contributed by atoms with Crippen LogP contribution < -0.4 is 16.2 Å². The fourth-order valence-corrected chi connectivity index (χ4v) is 6.28. The number of hydrogen-bond donors (Lipinski definition) is 3. The lowest BCUT2D eigenvalue weighted by atomic mass is 9.66. The largest absolute Gasteiger partial charge is 0.479 e. The van der Waals surface area contributed by atoms with E-state index in [2.05, 4.69) is 4.98 Å². The maximum atomic E-state index is 13.6. The van der Waals surface area contributed by atoms with Crippen LogP contribution in [0.4, 0.5) is 23.7 Å². The highest BCUT2D eigenvalue weighted by Gasteiger charge is 2.64. The number of carboxylic acid groups (broad SMARTS) is 1. The van der Waals surface area contributed by atoms with Crippen molar-refractivity contribution < 1.29 is 37.4 Å². The highest BCUT2D eigenvalue weighted by molar-refractivity contribution is 5.95. The van der Waals surface area contributed by atoms with Gasteiger partial charge in [-0.05, 0) is 42.5 Å². The Balaban J connectivity index is 1.48. The Morgan fingerprint density at radius 1 is 1.14 bits per heavy atom. The maximum Gasteiger partial charge on any atom is 0.417 e. The number of amides is 2. The number of ether oxygens (including phenoxy) is 1. The molecular weight excluding hydrogens is 557 g/mol. The number of anilines is 1. The van der Waals surface area contributed by atoms with E-state index in [-0.39, 0.29) is 48.4 Å². The number of pyridine rings is 1. The van der Waals surface area contributed by atoms with Crippen molar-refractivity contribution in [1.29, 1.82) is 0 Å². The van der Waals surface area contributed by atoms with Gasteiger partial charge in [0.1, 0.15) is 11.6 Å². The summed E-state index contributed by atoms with van der Waals surface area (Å²) < 4.78 is 46.4. The predicted octanol–water partition coefficient (Wildman–Crippen LogP) is 3.97. The molecule has 3 aromatic rings. The Morgan fingerprint density at radius 2 is 1.86 bits per heavy atom. The summed E-state index contributed by atoms with van der Waals surface area (Å²) >= 11 is 0. The highest BCUT2D eigenvalue weighted by atomic mass is 19.4. The van der Waals surface area contributed by atoms with Crippen molar-refractivity contribution in [2.75, 3.05) is 24.5 Å². The number of benzene rings is 2. The summed E-state index contributed by atoms with van der Waals surface area (Å²) in [5, 5.41) is 10.8. The lowest BCUT2D eigenvalue weighted by molar-refractivity contribution is -0.170. The van der Waals surface area contributed by atoms with Crippen LogP contribution in [0.2, 0.25) is 0 Å². The number of nitrogens with zero attached hydrogens (tertiary/aromatic N) is 2. The molecule has 1 aromatic heterocycles. The van der Waals surface area contributed by atoms with Crippen LogP contribution in [0.3, 0.4) is 0 Å². The van der Waals surface area contributed by atoms with Crippen molar-refractivity contribution in [3.8, 4) is 11.3 Å². The molecule has 13 heteroatoms. The topological polar surface area (TPSA) is 146 Å². The van der Waals surface area contributed by atoms with E-state index >= 15 is 0 Å². The van der Waals surface area contributed by atoms with Gasteiger partial charge in [0.15, 0.2) is 0 Å². The second-order valence-corrected chi connectivity index (χ2v) is 11.1. The smallest absolute Gasteiger partial charge is 0.417 e. The van der Waals surface area contributed by atoms with Crippen molar-refractivity contribution in [3.63, 3.8) is 0 Å². The lowest BCUT2D eigenvalue weighted by Gasteiger charge is -2.48. The number of fused-ring (bicyclic) bond motifs is 1. The van der Waals surface area contributed by atoms with Gasteiger partial charge in [-0.15, -0.1) is 0 Å². The Bertz CT molecular complexity index is 1650. The fourth-order valence-electron chi connectivity index (χ4n) is 6.28. The number of rotatable bonds is 6. The molecule has 0 radical (unpaired) electrons. The molecule has 2 fully saturated rings. The fraction of sp³-hybridized carbons (Fsp3) is 0.379. The van der Waals surface area contributed by atoms with Crippen LogP contribution in [0.5, 0.6) is 0 Å². The van der Waals surface area contributed by atoms with Crippen molar-refractivity contribution >= 4 is 34.4 Å².